The van der Waals surface area contributed by atoms with Crippen molar-refractivity contribution in [1.29, 1.82) is 0 Å². The van der Waals surface area contributed by atoms with E-state index in [2.05, 4.69) is 4.90 Å². The third-order valence-corrected chi connectivity index (χ3v) is 9.34. The van der Waals surface area contributed by atoms with E-state index in [1.54, 1.807) is 23.4 Å². The number of benzene rings is 1. The van der Waals surface area contributed by atoms with Gasteiger partial charge in [0.25, 0.3) is 0 Å². The maximum atomic E-state index is 13.0. The molecule has 1 aromatic carbocycles. The predicted octanol–water partition coefficient (Wildman–Crippen LogP) is 1.23. The van der Waals surface area contributed by atoms with Crippen LogP contribution in [0.25, 0.3) is 0 Å². The summed E-state index contributed by atoms with van der Waals surface area (Å²) in [6.07, 6.45) is 1.73. The Kier molecular flexibility index (Phi) is 8.14. The summed E-state index contributed by atoms with van der Waals surface area (Å²) in [6, 6.07) is 6.21. The van der Waals surface area contributed by atoms with Crippen molar-refractivity contribution in [1.82, 2.24) is 9.21 Å². The molecule has 2 aliphatic heterocycles. The highest BCUT2D eigenvalue weighted by molar-refractivity contribution is 7.91. The predicted molar refractivity (Wildman–Crippen MR) is 115 cm³/mol. The molecule has 0 radical (unpaired) electrons. The van der Waals surface area contributed by atoms with E-state index in [1.165, 1.54) is 12.1 Å². The standard InChI is InChI=1S/C20H32N2O6S2/c1-2-29(23,24)16-15-28-19-3-5-20(6-4-19)30(25,26)22-9-7-18(8-10-22)17-21-11-13-27-14-12-21/h3-6,18H,2,7-17H2,1H3. The van der Waals surface area contributed by atoms with Crippen molar-refractivity contribution in [2.45, 2.75) is 24.7 Å². The van der Waals surface area contributed by atoms with Crippen LogP contribution in [0.4, 0.5) is 0 Å². The van der Waals surface area contributed by atoms with E-state index in [1.807, 2.05) is 0 Å². The van der Waals surface area contributed by atoms with Crippen molar-refractivity contribution in [3.8, 4) is 5.75 Å². The molecule has 2 heterocycles. The minimum absolute atomic E-state index is 0.0526. The van der Waals surface area contributed by atoms with Gasteiger partial charge in [-0.2, -0.15) is 4.31 Å². The number of morpholine rings is 1. The minimum atomic E-state index is -3.53. The fourth-order valence-corrected chi connectivity index (χ4v) is 5.86. The molecule has 10 heteroatoms. The van der Waals surface area contributed by atoms with Gasteiger partial charge >= 0.3 is 0 Å². The zero-order valence-corrected chi connectivity index (χ0v) is 19.2. The number of nitrogens with zero attached hydrogens (tertiary/aromatic N) is 2. The van der Waals surface area contributed by atoms with E-state index in [0.29, 0.717) is 24.8 Å². The lowest BCUT2D eigenvalue weighted by atomic mass is 9.97. The Bertz CT molecular complexity index is 872. The number of piperidine rings is 1. The van der Waals surface area contributed by atoms with Gasteiger partial charge in [0.05, 0.1) is 23.9 Å². The molecule has 0 amide bonds. The normalized spacial score (nSPS) is 20.3. The minimum Gasteiger partial charge on any atom is -0.493 e. The first-order valence-corrected chi connectivity index (χ1v) is 13.8. The van der Waals surface area contributed by atoms with E-state index in [9.17, 15) is 16.8 Å². The van der Waals surface area contributed by atoms with E-state index in [-0.39, 0.29) is 23.0 Å². The molecule has 0 saturated carbocycles. The van der Waals surface area contributed by atoms with E-state index in [4.69, 9.17) is 9.47 Å². The van der Waals surface area contributed by atoms with Crippen molar-refractivity contribution >= 4 is 19.9 Å². The molecule has 1 aromatic rings. The molecule has 0 N–H and O–H groups in total. The monoisotopic (exact) mass is 460 g/mol. The number of rotatable bonds is 9. The second kappa shape index (κ2) is 10.4. The lowest BCUT2D eigenvalue weighted by molar-refractivity contribution is 0.0269. The molecule has 0 bridgehead atoms. The first kappa shape index (κ1) is 23.5. The summed E-state index contributed by atoms with van der Waals surface area (Å²) in [5, 5.41) is 0. The third kappa shape index (κ3) is 6.40. The van der Waals surface area contributed by atoms with Crippen molar-refractivity contribution < 1.29 is 26.3 Å². The van der Waals surface area contributed by atoms with Gasteiger partial charge in [-0.1, -0.05) is 6.92 Å². The van der Waals surface area contributed by atoms with Crippen molar-refractivity contribution in [2.75, 3.05) is 64.1 Å². The number of hydrogen-bond acceptors (Lipinski definition) is 7. The van der Waals surface area contributed by atoms with Gasteiger partial charge < -0.3 is 9.47 Å². The molecule has 0 atom stereocenters. The van der Waals surface area contributed by atoms with Crippen molar-refractivity contribution in [3.63, 3.8) is 0 Å². The van der Waals surface area contributed by atoms with Crippen LogP contribution in [0.3, 0.4) is 0 Å². The second-order valence-electron chi connectivity index (χ2n) is 7.82. The molecular weight excluding hydrogens is 428 g/mol. The van der Waals surface area contributed by atoms with Crippen molar-refractivity contribution in [2.24, 2.45) is 5.92 Å². The Labute approximate surface area is 180 Å². The molecule has 0 aliphatic carbocycles. The zero-order chi connectivity index (χ0) is 21.6. The molecule has 8 nitrogen and oxygen atoms in total. The number of hydrogen-bond donors (Lipinski definition) is 0. The fraction of sp³-hybridized carbons (Fsp3) is 0.700. The Balaban J connectivity index is 1.50. The molecule has 30 heavy (non-hydrogen) atoms. The SMILES string of the molecule is CCS(=O)(=O)CCOc1ccc(S(=O)(=O)N2CCC(CN3CCOCC3)CC2)cc1. The number of ether oxygens (including phenoxy) is 2. The van der Waals surface area contributed by atoms with Crippen LogP contribution in [0.1, 0.15) is 19.8 Å². The first-order chi connectivity index (χ1) is 14.3. The van der Waals surface area contributed by atoms with Crippen molar-refractivity contribution in [3.05, 3.63) is 24.3 Å². The Hall–Kier alpha value is -1.20. The third-order valence-electron chi connectivity index (χ3n) is 5.76. The molecule has 3 rings (SSSR count). The molecule has 2 fully saturated rings. The van der Waals surface area contributed by atoms with Crippen LogP contribution in [0.2, 0.25) is 0 Å². The largest absolute Gasteiger partial charge is 0.493 e. The molecular formula is C20H32N2O6S2. The molecule has 0 aromatic heterocycles. The van der Waals surface area contributed by atoms with Gasteiger partial charge in [-0.15, -0.1) is 0 Å². The quantitative estimate of drug-likeness (QED) is 0.547. The summed E-state index contributed by atoms with van der Waals surface area (Å²) in [5.41, 5.74) is 0. The van der Waals surface area contributed by atoms with Gasteiger partial charge in [0, 0.05) is 38.5 Å². The molecule has 2 saturated heterocycles. The molecule has 0 unspecified atom stereocenters. The number of sulfonamides is 1. The van der Waals surface area contributed by atoms with Gasteiger partial charge in [-0.25, -0.2) is 16.8 Å². The summed E-state index contributed by atoms with van der Waals surface area (Å²) in [5.74, 6) is 1.01. The first-order valence-electron chi connectivity index (χ1n) is 10.5. The lowest BCUT2D eigenvalue weighted by Gasteiger charge is -2.35. The maximum absolute atomic E-state index is 13.0. The molecule has 0 spiro atoms. The highest BCUT2D eigenvalue weighted by Crippen LogP contribution is 2.26. The van der Waals surface area contributed by atoms with Crippen LogP contribution in [-0.2, 0) is 24.6 Å². The van der Waals surface area contributed by atoms with E-state index < -0.39 is 19.9 Å². The highest BCUT2D eigenvalue weighted by Gasteiger charge is 2.30. The van der Waals surface area contributed by atoms with Crippen LogP contribution < -0.4 is 4.74 Å². The summed E-state index contributed by atoms with van der Waals surface area (Å²) in [7, 11) is -6.62. The van der Waals surface area contributed by atoms with Gasteiger partial charge in [0.2, 0.25) is 10.0 Å². The zero-order valence-electron chi connectivity index (χ0n) is 17.5. The van der Waals surface area contributed by atoms with E-state index >= 15 is 0 Å². The summed E-state index contributed by atoms with van der Waals surface area (Å²) < 4.78 is 61.3. The Morgan fingerprint density at radius 1 is 1.00 bits per heavy atom. The van der Waals surface area contributed by atoms with Gasteiger partial charge in [0.15, 0.2) is 9.84 Å². The molecule has 2 aliphatic rings. The van der Waals surface area contributed by atoms with Crippen LogP contribution in [0.5, 0.6) is 5.75 Å². The van der Waals surface area contributed by atoms with Crippen LogP contribution in [-0.4, -0.2) is 90.1 Å². The average Bonchev–Trinajstić information content (AvgIpc) is 2.75. The summed E-state index contributed by atoms with van der Waals surface area (Å²) in [6.45, 7) is 7.20. The topological polar surface area (TPSA) is 93.2 Å². The average molecular weight is 461 g/mol. The summed E-state index contributed by atoms with van der Waals surface area (Å²) in [4.78, 5) is 2.64. The van der Waals surface area contributed by atoms with Gasteiger partial charge in [0.1, 0.15) is 12.4 Å². The van der Waals surface area contributed by atoms with E-state index in [0.717, 1.165) is 45.7 Å². The van der Waals surface area contributed by atoms with Crippen LogP contribution in [0.15, 0.2) is 29.2 Å². The maximum Gasteiger partial charge on any atom is 0.243 e. The Morgan fingerprint density at radius 2 is 1.63 bits per heavy atom. The fourth-order valence-electron chi connectivity index (χ4n) is 3.77. The van der Waals surface area contributed by atoms with Gasteiger partial charge in [-0.05, 0) is 43.0 Å². The Morgan fingerprint density at radius 3 is 2.23 bits per heavy atom. The molecule has 170 valence electrons. The highest BCUT2D eigenvalue weighted by atomic mass is 32.2. The van der Waals surface area contributed by atoms with Crippen LogP contribution >= 0.6 is 0 Å². The number of sulfone groups is 1. The second-order valence-corrected chi connectivity index (χ2v) is 12.2. The van der Waals surface area contributed by atoms with Crippen LogP contribution in [0, 0.1) is 5.92 Å². The smallest absolute Gasteiger partial charge is 0.243 e. The lowest BCUT2D eigenvalue weighted by Crippen LogP contribution is -2.44. The van der Waals surface area contributed by atoms with Gasteiger partial charge in [-0.3, -0.25) is 4.90 Å². The summed E-state index contributed by atoms with van der Waals surface area (Å²) >= 11 is 0.